The molecule has 32 heavy (non-hydrogen) atoms. The Balaban J connectivity index is 1.90. The maximum atomic E-state index is 13.1. The number of hydrogen-bond donors (Lipinski definition) is 1. The van der Waals surface area contributed by atoms with Gasteiger partial charge in [-0.25, -0.2) is 9.36 Å². The molecule has 0 aliphatic carbocycles. The van der Waals surface area contributed by atoms with E-state index in [4.69, 9.17) is 16.3 Å². The zero-order valence-corrected chi connectivity index (χ0v) is 18.9. The van der Waals surface area contributed by atoms with E-state index in [1.807, 2.05) is 31.2 Å². The van der Waals surface area contributed by atoms with Gasteiger partial charge in [0.15, 0.2) is 0 Å². The number of ether oxygens (including phenoxy) is 1. The third kappa shape index (κ3) is 5.48. The van der Waals surface area contributed by atoms with Crippen molar-refractivity contribution >= 4 is 17.5 Å². The van der Waals surface area contributed by atoms with Crippen LogP contribution in [0.4, 0.5) is 0 Å². The smallest absolute Gasteiger partial charge is 0.335 e. The van der Waals surface area contributed by atoms with Crippen LogP contribution in [0, 0.1) is 0 Å². The highest BCUT2D eigenvalue weighted by Gasteiger charge is 2.18. The standard InChI is InChI=1S/C24H26ClN3O4/c1-3-4-13-27-16-21(22(29)26-12-11-17-7-5-10-20(14-17)32-2)23(30)28(24(27)31)19-9-6-8-18(25)15-19/h5-10,14-16H,3-4,11-13H2,1-2H3,(H,26,29). The molecule has 0 radical (unpaired) electrons. The molecule has 0 aliphatic rings. The predicted octanol–water partition coefficient (Wildman–Crippen LogP) is 3.43. The molecule has 3 aromatic rings. The zero-order chi connectivity index (χ0) is 23.1. The quantitative estimate of drug-likeness (QED) is 0.536. The lowest BCUT2D eigenvalue weighted by atomic mass is 10.1. The van der Waals surface area contributed by atoms with Crippen LogP contribution >= 0.6 is 11.6 Å². The van der Waals surface area contributed by atoms with Crippen molar-refractivity contribution in [1.82, 2.24) is 14.5 Å². The summed E-state index contributed by atoms with van der Waals surface area (Å²) in [6.45, 7) is 2.74. The predicted molar refractivity (Wildman–Crippen MR) is 125 cm³/mol. The fourth-order valence-electron chi connectivity index (χ4n) is 3.33. The van der Waals surface area contributed by atoms with Gasteiger partial charge in [0, 0.05) is 24.3 Å². The largest absolute Gasteiger partial charge is 0.497 e. The minimum atomic E-state index is -0.677. The van der Waals surface area contributed by atoms with Gasteiger partial charge in [0.05, 0.1) is 12.8 Å². The molecular formula is C24H26ClN3O4. The van der Waals surface area contributed by atoms with Gasteiger partial charge >= 0.3 is 5.69 Å². The Morgan fingerprint density at radius 3 is 2.62 bits per heavy atom. The minimum absolute atomic E-state index is 0.0914. The summed E-state index contributed by atoms with van der Waals surface area (Å²) >= 11 is 6.06. The monoisotopic (exact) mass is 455 g/mol. The molecule has 1 N–H and O–H groups in total. The maximum absolute atomic E-state index is 13.1. The SMILES string of the molecule is CCCCn1cc(C(=O)NCCc2cccc(OC)c2)c(=O)n(-c2cccc(Cl)c2)c1=O. The Bertz CT molecular complexity index is 1220. The Kier molecular flexibility index (Phi) is 7.89. The number of unbranched alkanes of at least 4 members (excludes halogenated alkanes) is 1. The van der Waals surface area contributed by atoms with E-state index in [0.29, 0.717) is 30.2 Å². The molecule has 0 saturated carbocycles. The summed E-state index contributed by atoms with van der Waals surface area (Å²) in [4.78, 5) is 39.0. The number of halogens is 1. The van der Waals surface area contributed by atoms with E-state index in [9.17, 15) is 14.4 Å². The van der Waals surface area contributed by atoms with Crippen molar-refractivity contribution in [3.05, 3.63) is 91.7 Å². The van der Waals surface area contributed by atoms with Crippen molar-refractivity contribution in [2.24, 2.45) is 0 Å². The van der Waals surface area contributed by atoms with Crippen LogP contribution in [0.25, 0.3) is 5.69 Å². The van der Waals surface area contributed by atoms with E-state index < -0.39 is 17.2 Å². The van der Waals surface area contributed by atoms with E-state index in [-0.39, 0.29) is 5.56 Å². The Labute approximate surface area is 191 Å². The van der Waals surface area contributed by atoms with Crippen LogP contribution in [-0.2, 0) is 13.0 Å². The van der Waals surface area contributed by atoms with E-state index in [0.717, 1.165) is 28.7 Å². The molecule has 0 spiro atoms. The van der Waals surface area contributed by atoms with Crippen LogP contribution in [0.1, 0.15) is 35.7 Å². The highest BCUT2D eigenvalue weighted by atomic mass is 35.5. The average Bonchev–Trinajstić information content (AvgIpc) is 2.79. The number of nitrogens with one attached hydrogen (secondary N) is 1. The first-order chi connectivity index (χ1) is 15.4. The molecule has 0 aliphatic heterocycles. The van der Waals surface area contributed by atoms with Crippen LogP contribution in [0.3, 0.4) is 0 Å². The molecule has 1 amide bonds. The van der Waals surface area contributed by atoms with Gasteiger partial charge in [-0.2, -0.15) is 0 Å². The van der Waals surface area contributed by atoms with Crippen LogP contribution in [0.2, 0.25) is 5.02 Å². The van der Waals surface area contributed by atoms with Gasteiger partial charge in [0.2, 0.25) is 0 Å². The molecule has 2 aromatic carbocycles. The Hall–Kier alpha value is -3.32. The summed E-state index contributed by atoms with van der Waals surface area (Å²) in [6.07, 6.45) is 3.53. The van der Waals surface area contributed by atoms with Gasteiger partial charge in [0.1, 0.15) is 11.3 Å². The third-order valence-corrected chi connectivity index (χ3v) is 5.29. The van der Waals surface area contributed by atoms with Gasteiger partial charge in [-0.05, 0) is 48.7 Å². The summed E-state index contributed by atoms with van der Waals surface area (Å²) in [5.41, 5.74) is 0.0477. The molecule has 0 bridgehead atoms. The van der Waals surface area contributed by atoms with Crippen molar-refractivity contribution < 1.29 is 9.53 Å². The molecule has 0 atom stereocenters. The lowest BCUT2D eigenvalue weighted by Gasteiger charge is -2.13. The number of amides is 1. The molecule has 8 heteroatoms. The second-order valence-corrected chi connectivity index (χ2v) is 7.79. The number of hydrogen-bond acceptors (Lipinski definition) is 4. The summed E-state index contributed by atoms with van der Waals surface area (Å²) in [5.74, 6) is 0.208. The normalized spacial score (nSPS) is 10.7. The second kappa shape index (κ2) is 10.8. The lowest BCUT2D eigenvalue weighted by Crippen LogP contribution is -2.43. The van der Waals surface area contributed by atoms with E-state index in [1.54, 1.807) is 25.3 Å². The number of rotatable bonds is 9. The van der Waals surface area contributed by atoms with Gasteiger partial charge in [0.25, 0.3) is 11.5 Å². The molecule has 1 heterocycles. The highest BCUT2D eigenvalue weighted by molar-refractivity contribution is 6.30. The lowest BCUT2D eigenvalue weighted by molar-refractivity contribution is 0.0951. The van der Waals surface area contributed by atoms with E-state index in [2.05, 4.69) is 5.32 Å². The number of carbonyl (C=O) groups is 1. The molecule has 0 fully saturated rings. The van der Waals surface area contributed by atoms with Gasteiger partial charge in [-0.3, -0.25) is 14.2 Å². The maximum Gasteiger partial charge on any atom is 0.335 e. The first-order valence-corrected chi connectivity index (χ1v) is 10.9. The minimum Gasteiger partial charge on any atom is -0.497 e. The number of methoxy groups -OCH3 is 1. The number of benzene rings is 2. The van der Waals surface area contributed by atoms with Crippen LogP contribution in [-0.4, -0.2) is 28.7 Å². The first kappa shape index (κ1) is 23.3. The second-order valence-electron chi connectivity index (χ2n) is 7.35. The topological polar surface area (TPSA) is 82.3 Å². The number of aromatic nitrogens is 2. The molecule has 0 unspecified atom stereocenters. The summed E-state index contributed by atoms with van der Waals surface area (Å²) in [6, 6.07) is 14.0. The summed E-state index contributed by atoms with van der Waals surface area (Å²) in [5, 5.41) is 3.17. The van der Waals surface area contributed by atoms with E-state index >= 15 is 0 Å². The fraction of sp³-hybridized carbons (Fsp3) is 0.292. The molecule has 1 aromatic heterocycles. The molecule has 7 nitrogen and oxygen atoms in total. The fourth-order valence-corrected chi connectivity index (χ4v) is 3.52. The van der Waals surface area contributed by atoms with Crippen LogP contribution < -0.4 is 21.3 Å². The van der Waals surface area contributed by atoms with Gasteiger partial charge in [-0.1, -0.05) is 43.1 Å². The number of carbonyl (C=O) groups excluding carboxylic acids is 1. The van der Waals surface area contributed by atoms with Gasteiger partial charge < -0.3 is 10.1 Å². The van der Waals surface area contributed by atoms with Crippen LogP contribution in [0.5, 0.6) is 5.75 Å². The molecular weight excluding hydrogens is 430 g/mol. The Morgan fingerprint density at radius 1 is 1.12 bits per heavy atom. The van der Waals surface area contributed by atoms with Crippen molar-refractivity contribution in [3.63, 3.8) is 0 Å². The Morgan fingerprint density at radius 2 is 1.91 bits per heavy atom. The van der Waals surface area contributed by atoms with Crippen molar-refractivity contribution in [3.8, 4) is 11.4 Å². The van der Waals surface area contributed by atoms with Crippen molar-refractivity contribution in [2.45, 2.75) is 32.7 Å². The van der Waals surface area contributed by atoms with E-state index in [1.165, 1.54) is 16.8 Å². The molecule has 0 saturated heterocycles. The zero-order valence-electron chi connectivity index (χ0n) is 18.1. The van der Waals surface area contributed by atoms with Crippen LogP contribution in [0.15, 0.2) is 64.3 Å². The number of aryl methyl sites for hydroxylation is 1. The summed E-state index contributed by atoms with van der Waals surface area (Å²) < 4.78 is 7.62. The summed E-state index contributed by atoms with van der Waals surface area (Å²) in [7, 11) is 1.60. The van der Waals surface area contributed by atoms with Crippen molar-refractivity contribution in [2.75, 3.05) is 13.7 Å². The third-order valence-electron chi connectivity index (χ3n) is 5.05. The molecule has 3 rings (SSSR count). The van der Waals surface area contributed by atoms with Crippen molar-refractivity contribution in [1.29, 1.82) is 0 Å². The number of nitrogens with zero attached hydrogens (tertiary/aromatic N) is 2. The average molecular weight is 456 g/mol. The highest BCUT2D eigenvalue weighted by Crippen LogP contribution is 2.13. The first-order valence-electron chi connectivity index (χ1n) is 10.5. The van der Waals surface area contributed by atoms with Gasteiger partial charge in [-0.15, -0.1) is 0 Å². The molecule has 168 valence electrons.